The maximum atomic E-state index is 10.8. The molecular weight excluding hydrogens is 396 g/mol. The molecule has 3 heteroatoms. The van der Waals surface area contributed by atoms with Gasteiger partial charge in [-0.3, -0.25) is 4.79 Å². The average molecular weight is 433 g/mol. The Hall–Kier alpha value is -2.57. The van der Waals surface area contributed by atoms with Gasteiger partial charge in [-0.2, -0.15) is 0 Å². The van der Waals surface area contributed by atoms with Crippen LogP contribution in [-0.2, 0) is 4.79 Å². The topological polar surface area (TPSA) is 57.5 Å². The number of carboxylic acid groups (broad SMARTS) is 1. The summed E-state index contributed by atoms with van der Waals surface area (Å²) in [5, 5.41) is 19.6. The molecule has 2 fully saturated rings. The van der Waals surface area contributed by atoms with Crippen LogP contribution in [0.1, 0.15) is 76.2 Å². The van der Waals surface area contributed by atoms with Gasteiger partial charge >= 0.3 is 5.97 Å². The normalized spacial score (nSPS) is 22.4. The molecule has 0 spiro atoms. The Morgan fingerprint density at radius 2 is 1.97 bits per heavy atom. The number of hydrogen-bond donors (Lipinski definition) is 2. The molecule has 0 amide bonds. The van der Waals surface area contributed by atoms with Crippen LogP contribution >= 0.6 is 0 Å². The first-order chi connectivity index (χ1) is 15.6. The highest BCUT2D eigenvalue weighted by molar-refractivity contribution is 5.66. The van der Waals surface area contributed by atoms with Crippen molar-refractivity contribution in [1.82, 2.24) is 0 Å². The first-order valence-corrected chi connectivity index (χ1v) is 12.1. The predicted molar refractivity (Wildman–Crippen MR) is 130 cm³/mol. The van der Waals surface area contributed by atoms with Gasteiger partial charge in [-0.25, -0.2) is 0 Å². The van der Waals surface area contributed by atoms with Crippen molar-refractivity contribution >= 4 is 5.97 Å². The van der Waals surface area contributed by atoms with Gasteiger partial charge in [-0.1, -0.05) is 78.8 Å². The minimum Gasteiger partial charge on any atom is -0.481 e. The molecular formula is C29H36O3. The zero-order valence-corrected chi connectivity index (χ0v) is 19.0. The second kappa shape index (κ2) is 12.5. The van der Waals surface area contributed by atoms with Crippen LogP contribution in [0.4, 0.5) is 0 Å². The van der Waals surface area contributed by atoms with Crippen LogP contribution in [0.3, 0.4) is 0 Å². The summed E-state index contributed by atoms with van der Waals surface area (Å²) >= 11 is 0. The van der Waals surface area contributed by atoms with Crippen LogP contribution < -0.4 is 0 Å². The van der Waals surface area contributed by atoms with E-state index in [-0.39, 0.29) is 11.8 Å². The van der Waals surface area contributed by atoms with E-state index in [1.165, 1.54) is 18.4 Å². The Morgan fingerprint density at radius 1 is 1.16 bits per heavy atom. The van der Waals surface area contributed by atoms with Gasteiger partial charge in [0.05, 0.1) is 6.10 Å². The standard InChI is InChI=1S/C29H36O3/c30-27(29(22-11-23-29)21-10-14-24-12-2-1-3-13-24)19-8-6-17-25-15-4-5-16-26(25)18-7-9-20-28(31)32/h1-3,6,8,12-13,17-19,25,27,30H,4-5,7,9,11,15-16,20-23H2,(H,31,32). The molecule has 1 aromatic carbocycles. The highest BCUT2D eigenvalue weighted by atomic mass is 16.4. The molecule has 0 heterocycles. The number of benzene rings is 1. The molecule has 0 aromatic heterocycles. The summed E-state index contributed by atoms with van der Waals surface area (Å²) < 4.78 is 0. The largest absolute Gasteiger partial charge is 0.481 e. The smallest absolute Gasteiger partial charge is 0.303 e. The van der Waals surface area contributed by atoms with Gasteiger partial charge in [0.2, 0.25) is 0 Å². The van der Waals surface area contributed by atoms with Gasteiger partial charge in [0.25, 0.3) is 0 Å². The Bertz CT molecular complexity index is 878. The van der Waals surface area contributed by atoms with E-state index in [4.69, 9.17) is 5.11 Å². The zero-order chi connectivity index (χ0) is 22.7. The van der Waals surface area contributed by atoms with E-state index < -0.39 is 12.1 Å². The average Bonchev–Trinajstić information content (AvgIpc) is 2.77. The van der Waals surface area contributed by atoms with Crippen molar-refractivity contribution < 1.29 is 15.0 Å². The fourth-order valence-electron chi connectivity index (χ4n) is 4.70. The Labute approximate surface area is 192 Å². The van der Waals surface area contributed by atoms with Crippen molar-refractivity contribution in [3.8, 4) is 11.8 Å². The van der Waals surface area contributed by atoms with Crippen molar-refractivity contribution in [3.63, 3.8) is 0 Å². The monoisotopic (exact) mass is 432 g/mol. The number of aliphatic hydroxyl groups is 1. The molecule has 3 nitrogen and oxygen atoms in total. The lowest BCUT2D eigenvalue weighted by Crippen LogP contribution is -2.40. The van der Waals surface area contributed by atoms with Gasteiger partial charge in [0, 0.05) is 23.8 Å². The molecule has 0 aliphatic heterocycles. The molecule has 2 atom stereocenters. The number of carbonyl (C=O) groups is 1. The van der Waals surface area contributed by atoms with E-state index >= 15 is 0 Å². The van der Waals surface area contributed by atoms with E-state index in [0.717, 1.165) is 50.5 Å². The van der Waals surface area contributed by atoms with Crippen molar-refractivity contribution in [3.05, 3.63) is 71.8 Å². The highest BCUT2D eigenvalue weighted by Gasteiger charge is 2.41. The first kappa shape index (κ1) is 24.1. The SMILES string of the molecule is O=C(O)CCCC=C1CCCCC1C=CC=CC(O)C1(CC#Cc2ccccc2)CCC1. The Kier molecular flexibility index (Phi) is 9.38. The number of carboxylic acids is 1. The minimum atomic E-state index is -0.720. The van der Waals surface area contributed by atoms with Crippen LogP contribution in [-0.4, -0.2) is 22.3 Å². The van der Waals surface area contributed by atoms with E-state index in [9.17, 15) is 9.90 Å². The van der Waals surface area contributed by atoms with E-state index in [0.29, 0.717) is 12.3 Å². The summed E-state index contributed by atoms with van der Waals surface area (Å²) in [7, 11) is 0. The van der Waals surface area contributed by atoms with Crippen molar-refractivity contribution in [2.45, 2.75) is 76.7 Å². The van der Waals surface area contributed by atoms with E-state index in [2.05, 4.69) is 30.1 Å². The number of unbranched alkanes of at least 4 members (excludes halogenated alkanes) is 1. The maximum absolute atomic E-state index is 10.8. The molecule has 0 saturated heterocycles. The number of allylic oxidation sites excluding steroid dienone is 5. The third-order valence-electron chi connectivity index (χ3n) is 6.88. The molecule has 32 heavy (non-hydrogen) atoms. The van der Waals surface area contributed by atoms with Crippen LogP contribution in [0.15, 0.2) is 66.3 Å². The highest BCUT2D eigenvalue weighted by Crippen LogP contribution is 2.47. The molecule has 2 saturated carbocycles. The molecule has 2 aliphatic rings. The minimum absolute atomic E-state index is 0.105. The molecule has 2 unspecified atom stereocenters. The molecule has 2 aliphatic carbocycles. The van der Waals surface area contributed by atoms with Gasteiger partial charge < -0.3 is 10.2 Å². The lowest BCUT2D eigenvalue weighted by molar-refractivity contribution is -0.137. The quantitative estimate of drug-likeness (QED) is 0.204. The Balaban J connectivity index is 1.53. The molecule has 3 rings (SSSR count). The molecule has 170 valence electrons. The van der Waals surface area contributed by atoms with E-state index in [1.807, 2.05) is 42.5 Å². The molecule has 2 N–H and O–H groups in total. The number of aliphatic carboxylic acids is 1. The van der Waals surface area contributed by atoms with Crippen LogP contribution in [0.5, 0.6) is 0 Å². The summed E-state index contributed by atoms with van der Waals surface area (Å²) in [6, 6.07) is 10.0. The second-order valence-corrected chi connectivity index (χ2v) is 9.19. The van der Waals surface area contributed by atoms with Gasteiger partial charge in [-0.05, 0) is 63.0 Å². The maximum Gasteiger partial charge on any atom is 0.303 e. The van der Waals surface area contributed by atoms with Crippen LogP contribution in [0.2, 0.25) is 0 Å². The van der Waals surface area contributed by atoms with Gasteiger partial charge in [0.15, 0.2) is 0 Å². The third-order valence-corrected chi connectivity index (χ3v) is 6.88. The van der Waals surface area contributed by atoms with E-state index in [1.54, 1.807) is 0 Å². The molecule has 0 bridgehead atoms. The summed E-state index contributed by atoms with van der Waals surface area (Å²) in [6.07, 6.45) is 20.5. The predicted octanol–water partition coefficient (Wildman–Crippen LogP) is 6.44. The van der Waals surface area contributed by atoms with Gasteiger partial charge in [0.1, 0.15) is 0 Å². The summed E-state index contributed by atoms with van der Waals surface area (Å²) in [5.74, 6) is 6.24. The number of hydrogen-bond acceptors (Lipinski definition) is 2. The zero-order valence-electron chi connectivity index (χ0n) is 19.0. The van der Waals surface area contributed by atoms with Crippen LogP contribution in [0.25, 0.3) is 0 Å². The lowest BCUT2D eigenvalue weighted by Gasteiger charge is -2.43. The second-order valence-electron chi connectivity index (χ2n) is 9.19. The van der Waals surface area contributed by atoms with Gasteiger partial charge in [-0.15, -0.1) is 0 Å². The number of rotatable bonds is 9. The summed E-state index contributed by atoms with van der Waals surface area (Å²) in [6.45, 7) is 0. The van der Waals surface area contributed by atoms with Crippen LogP contribution in [0, 0.1) is 23.2 Å². The fraction of sp³-hybridized carbons (Fsp3) is 0.483. The van der Waals surface area contributed by atoms with Crippen molar-refractivity contribution in [2.75, 3.05) is 0 Å². The Morgan fingerprint density at radius 3 is 2.69 bits per heavy atom. The third kappa shape index (κ3) is 7.24. The summed E-state index contributed by atoms with van der Waals surface area (Å²) in [4.78, 5) is 10.7. The summed E-state index contributed by atoms with van der Waals surface area (Å²) in [5.41, 5.74) is 2.36. The molecule has 0 radical (unpaired) electrons. The lowest BCUT2D eigenvalue weighted by atomic mass is 9.63. The first-order valence-electron chi connectivity index (χ1n) is 12.1. The van der Waals surface area contributed by atoms with Crippen molar-refractivity contribution in [1.29, 1.82) is 0 Å². The fourth-order valence-corrected chi connectivity index (χ4v) is 4.70. The molecule has 1 aromatic rings. The number of aliphatic hydroxyl groups excluding tert-OH is 1. The van der Waals surface area contributed by atoms with Crippen molar-refractivity contribution in [2.24, 2.45) is 11.3 Å².